The molecule has 13 heteroatoms. The van der Waals surface area contributed by atoms with Crippen molar-refractivity contribution in [2.45, 2.75) is 32.1 Å². The van der Waals surface area contributed by atoms with Crippen LogP contribution in [-0.4, -0.2) is 74.8 Å². The molecular formula is C29H28F5N5O3. The Morgan fingerprint density at radius 3 is 2.43 bits per heavy atom. The van der Waals surface area contributed by atoms with E-state index < -0.39 is 41.5 Å². The van der Waals surface area contributed by atoms with E-state index in [1.54, 1.807) is 31.2 Å². The summed E-state index contributed by atoms with van der Waals surface area (Å²) in [6.07, 6.45) is -3.69. The van der Waals surface area contributed by atoms with E-state index in [4.69, 9.17) is 4.74 Å². The van der Waals surface area contributed by atoms with Crippen LogP contribution in [0, 0.1) is 18.6 Å². The maximum atomic E-state index is 14.3. The Morgan fingerprint density at radius 2 is 1.83 bits per heavy atom. The minimum Gasteiger partial charge on any atom is -0.497 e. The number of aliphatic hydroxyl groups excluding tert-OH is 1. The summed E-state index contributed by atoms with van der Waals surface area (Å²) >= 11 is 0. The highest BCUT2D eigenvalue weighted by molar-refractivity contribution is 6.00. The van der Waals surface area contributed by atoms with Gasteiger partial charge in [0.2, 0.25) is 0 Å². The van der Waals surface area contributed by atoms with Crippen LogP contribution in [-0.2, 0) is 6.18 Å². The first-order valence-electron chi connectivity index (χ1n) is 13.1. The molecule has 2 atom stereocenters. The van der Waals surface area contributed by atoms with E-state index >= 15 is 0 Å². The van der Waals surface area contributed by atoms with Crippen molar-refractivity contribution in [3.05, 3.63) is 82.7 Å². The number of alkyl halides is 3. The molecule has 0 radical (unpaired) electrons. The fraction of sp³-hybridized carbons (Fsp3) is 0.345. The molecule has 1 fully saturated rings. The number of halogens is 5. The topological polar surface area (TPSA) is 83.2 Å². The van der Waals surface area contributed by atoms with Crippen LogP contribution in [0.3, 0.4) is 0 Å². The van der Waals surface area contributed by atoms with Crippen LogP contribution in [0.25, 0.3) is 16.9 Å². The molecule has 1 N–H and O–H groups in total. The fourth-order valence-corrected chi connectivity index (χ4v) is 5.46. The van der Waals surface area contributed by atoms with E-state index in [2.05, 4.69) is 10.1 Å². The molecule has 0 spiro atoms. The lowest BCUT2D eigenvalue weighted by atomic mass is 10.0. The van der Waals surface area contributed by atoms with Crippen molar-refractivity contribution < 1.29 is 36.6 Å². The van der Waals surface area contributed by atoms with Crippen molar-refractivity contribution in [1.29, 1.82) is 0 Å². The first-order valence-corrected chi connectivity index (χ1v) is 13.1. The van der Waals surface area contributed by atoms with Gasteiger partial charge < -0.3 is 14.7 Å². The predicted molar refractivity (Wildman–Crippen MR) is 143 cm³/mol. The molecular weight excluding hydrogens is 561 g/mol. The molecule has 0 unspecified atom stereocenters. The number of piperazine rings is 1. The zero-order valence-corrected chi connectivity index (χ0v) is 23.0. The van der Waals surface area contributed by atoms with Crippen LogP contribution >= 0.6 is 0 Å². The molecule has 2 aromatic heterocycles. The molecule has 5 rings (SSSR count). The summed E-state index contributed by atoms with van der Waals surface area (Å²) in [6.45, 7) is 3.42. The van der Waals surface area contributed by atoms with E-state index in [9.17, 15) is 31.9 Å². The largest absolute Gasteiger partial charge is 0.497 e. The van der Waals surface area contributed by atoms with Gasteiger partial charge in [0.25, 0.3) is 5.91 Å². The van der Waals surface area contributed by atoms with Crippen LogP contribution in [0.2, 0.25) is 0 Å². The van der Waals surface area contributed by atoms with Gasteiger partial charge in [-0.1, -0.05) is 6.07 Å². The van der Waals surface area contributed by atoms with Crippen molar-refractivity contribution in [3.63, 3.8) is 0 Å². The van der Waals surface area contributed by atoms with Crippen molar-refractivity contribution in [2.24, 2.45) is 0 Å². The summed E-state index contributed by atoms with van der Waals surface area (Å²) in [4.78, 5) is 21.6. The Hall–Kier alpha value is -4.10. The highest BCUT2D eigenvalue weighted by Gasteiger charge is 2.40. The SMILES string of the molecule is COc1ccc(-c2nc3c(C(=O)N4CCN([C@@H](CO)c5ccc(F)c(F)c5)C[C@H]4C)cnn3c(C(F)(F)F)c2C)cc1. The molecule has 4 aromatic rings. The zero-order valence-electron chi connectivity index (χ0n) is 23.0. The fourth-order valence-electron chi connectivity index (χ4n) is 5.46. The second-order valence-electron chi connectivity index (χ2n) is 10.2. The lowest BCUT2D eigenvalue weighted by Gasteiger charge is -2.43. The van der Waals surface area contributed by atoms with Gasteiger partial charge in [0.05, 0.1) is 31.6 Å². The first kappa shape index (κ1) is 29.4. The van der Waals surface area contributed by atoms with Crippen LogP contribution in [0.4, 0.5) is 22.0 Å². The molecule has 1 aliphatic heterocycles. The number of hydrogen-bond acceptors (Lipinski definition) is 6. The maximum Gasteiger partial charge on any atom is 0.433 e. The molecule has 42 heavy (non-hydrogen) atoms. The summed E-state index contributed by atoms with van der Waals surface area (Å²) in [5, 5.41) is 13.9. The summed E-state index contributed by atoms with van der Waals surface area (Å²) in [7, 11) is 1.48. The number of ether oxygens (including phenoxy) is 1. The highest BCUT2D eigenvalue weighted by Crippen LogP contribution is 2.37. The Bertz CT molecular complexity index is 1620. The highest BCUT2D eigenvalue weighted by atomic mass is 19.4. The van der Waals surface area contributed by atoms with Crippen molar-refractivity contribution >= 4 is 11.6 Å². The minimum absolute atomic E-state index is 0.0576. The maximum absolute atomic E-state index is 14.3. The molecule has 0 aliphatic carbocycles. The Labute approximate surface area is 237 Å². The van der Waals surface area contributed by atoms with Crippen LogP contribution in [0.15, 0.2) is 48.7 Å². The van der Waals surface area contributed by atoms with E-state index in [1.165, 1.54) is 25.0 Å². The van der Waals surface area contributed by atoms with Gasteiger partial charge in [0.1, 0.15) is 11.3 Å². The van der Waals surface area contributed by atoms with Crippen molar-refractivity contribution in [1.82, 2.24) is 24.4 Å². The number of carbonyl (C=O) groups is 1. The molecule has 1 aliphatic rings. The van der Waals surface area contributed by atoms with Gasteiger partial charge in [0, 0.05) is 36.8 Å². The number of aromatic nitrogens is 3. The predicted octanol–water partition coefficient (Wildman–Crippen LogP) is 4.89. The lowest BCUT2D eigenvalue weighted by molar-refractivity contribution is -0.143. The van der Waals surface area contributed by atoms with Gasteiger partial charge >= 0.3 is 6.18 Å². The second-order valence-corrected chi connectivity index (χ2v) is 10.2. The van der Waals surface area contributed by atoms with Crippen LogP contribution in [0.5, 0.6) is 5.75 Å². The van der Waals surface area contributed by atoms with Gasteiger partial charge in [-0.2, -0.15) is 18.3 Å². The summed E-state index contributed by atoms with van der Waals surface area (Å²) in [5.41, 5.74) is -0.638. The average Bonchev–Trinajstić information content (AvgIpc) is 3.37. The number of rotatable bonds is 6. The van der Waals surface area contributed by atoms with Crippen molar-refractivity contribution in [2.75, 3.05) is 33.4 Å². The number of carbonyl (C=O) groups excluding carboxylic acids is 1. The average molecular weight is 590 g/mol. The normalized spacial score (nSPS) is 17.1. The first-order chi connectivity index (χ1) is 19.9. The smallest absolute Gasteiger partial charge is 0.433 e. The molecule has 1 amide bonds. The van der Waals surface area contributed by atoms with E-state index in [-0.39, 0.29) is 48.7 Å². The summed E-state index contributed by atoms with van der Waals surface area (Å²) in [5.74, 6) is -2.05. The standard InChI is InChI=1S/C29H28F5N5O3/c1-16-14-37(24(15-40)19-6-9-22(30)23(31)12-19)10-11-38(16)28(41)21-13-35-39-26(29(32,33)34)17(2)25(36-27(21)39)18-4-7-20(42-3)8-5-18/h4-9,12-13,16,24,40H,10-11,14-15H2,1-3H3/t16-,24+/m1/s1. The lowest BCUT2D eigenvalue weighted by Crippen LogP contribution is -2.55. The number of methoxy groups -OCH3 is 1. The van der Waals surface area contributed by atoms with Crippen molar-refractivity contribution in [3.8, 4) is 17.0 Å². The Balaban J connectivity index is 1.48. The monoisotopic (exact) mass is 589 g/mol. The quantitative estimate of drug-likeness (QED) is 0.323. The number of benzene rings is 2. The molecule has 1 saturated heterocycles. The second kappa shape index (κ2) is 11.3. The molecule has 0 saturated carbocycles. The third-order valence-electron chi connectivity index (χ3n) is 7.61. The van der Waals surface area contributed by atoms with Gasteiger partial charge in [-0.15, -0.1) is 0 Å². The number of aliphatic hydroxyl groups is 1. The molecule has 3 heterocycles. The molecule has 8 nitrogen and oxygen atoms in total. The molecule has 0 bridgehead atoms. The van der Waals surface area contributed by atoms with Gasteiger partial charge in [-0.05, 0) is 55.8 Å². The van der Waals surface area contributed by atoms with Crippen LogP contribution < -0.4 is 4.74 Å². The van der Waals surface area contributed by atoms with E-state index in [0.717, 1.165) is 18.3 Å². The van der Waals surface area contributed by atoms with Gasteiger partial charge in [-0.25, -0.2) is 18.3 Å². The van der Waals surface area contributed by atoms with E-state index in [1.807, 2.05) is 4.90 Å². The third-order valence-corrected chi connectivity index (χ3v) is 7.61. The minimum atomic E-state index is -4.78. The zero-order chi connectivity index (χ0) is 30.3. The summed E-state index contributed by atoms with van der Waals surface area (Å²) in [6, 6.07) is 8.75. The number of hydrogen-bond donors (Lipinski definition) is 1. The third kappa shape index (κ3) is 5.29. The van der Waals surface area contributed by atoms with Gasteiger partial charge in [0.15, 0.2) is 23.0 Å². The van der Waals surface area contributed by atoms with Gasteiger partial charge in [-0.3, -0.25) is 9.69 Å². The summed E-state index contributed by atoms with van der Waals surface area (Å²) < 4.78 is 76.0. The molecule has 2 aromatic carbocycles. The van der Waals surface area contributed by atoms with E-state index in [0.29, 0.717) is 21.4 Å². The Kier molecular flexibility index (Phi) is 7.90. The Morgan fingerprint density at radius 1 is 1.12 bits per heavy atom. The number of nitrogens with zero attached hydrogens (tertiary/aromatic N) is 5. The molecule has 222 valence electrons. The number of amides is 1. The van der Waals surface area contributed by atoms with Crippen LogP contribution in [0.1, 0.15) is 40.1 Å². The number of fused-ring (bicyclic) bond motifs is 1.